The Morgan fingerprint density at radius 1 is 1.30 bits per heavy atom. The fraction of sp³-hybridized carbons (Fsp3) is 0.625. The number of rotatable bonds is 3. The quantitative estimate of drug-likeness (QED) is 0.886. The summed E-state index contributed by atoms with van der Waals surface area (Å²) in [5.41, 5.74) is 2.56. The molecule has 0 aliphatic carbocycles. The molecule has 4 heteroatoms. The van der Waals surface area contributed by atoms with Crippen LogP contribution >= 0.6 is 0 Å². The number of ether oxygens (including phenoxy) is 1. The summed E-state index contributed by atoms with van der Waals surface area (Å²) >= 11 is 0. The highest BCUT2D eigenvalue weighted by Crippen LogP contribution is 2.44. The summed E-state index contributed by atoms with van der Waals surface area (Å²) in [4.78, 5) is 1.96. The zero-order valence-electron chi connectivity index (χ0n) is 13.0. The lowest BCUT2D eigenvalue weighted by atomic mass is 9.83. The van der Waals surface area contributed by atoms with E-state index < -0.39 is 11.7 Å². The van der Waals surface area contributed by atoms with Gasteiger partial charge in [0.15, 0.2) is 0 Å². The number of aliphatic hydroxyl groups is 2. The Morgan fingerprint density at radius 3 is 2.55 bits per heavy atom. The van der Waals surface area contributed by atoms with Crippen molar-refractivity contribution in [3.63, 3.8) is 0 Å². The van der Waals surface area contributed by atoms with E-state index in [2.05, 4.69) is 0 Å². The summed E-state index contributed by atoms with van der Waals surface area (Å²) in [6.07, 6.45) is -0.621. The Bertz CT molecular complexity index is 499. The van der Waals surface area contributed by atoms with E-state index in [-0.39, 0.29) is 12.6 Å². The Hall–Kier alpha value is -1.10. The lowest BCUT2D eigenvalue weighted by molar-refractivity contribution is -0.0776. The van der Waals surface area contributed by atoms with Gasteiger partial charge >= 0.3 is 0 Å². The predicted molar refractivity (Wildman–Crippen MR) is 79.1 cm³/mol. The van der Waals surface area contributed by atoms with Crippen LogP contribution in [-0.2, 0) is 0 Å². The van der Waals surface area contributed by atoms with Crippen LogP contribution in [0, 0.1) is 13.8 Å². The van der Waals surface area contributed by atoms with E-state index in [1.54, 1.807) is 0 Å². The molecule has 20 heavy (non-hydrogen) atoms. The van der Waals surface area contributed by atoms with Crippen LogP contribution in [0.3, 0.4) is 0 Å². The summed E-state index contributed by atoms with van der Waals surface area (Å²) in [7, 11) is 1.90. The molecule has 2 atom stereocenters. The van der Waals surface area contributed by atoms with Crippen molar-refractivity contribution in [2.75, 3.05) is 20.2 Å². The van der Waals surface area contributed by atoms with Gasteiger partial charge < -0.3 is 14.9 Å². The minimum Gasteiger partial charge on any atom is -0.485 e. The summed E-state index contributed by atoms with van der Waals surface area (Å²) in [6, 6.07) is 3.77. The molecule has 1 aliphatic rings. The van der Waals surface area contributed by atoms with Crippen molar-refractivity contribution in [2.24, 2.45) is 0 Å². The van der Waals surface area contributed by atoms with Gasteiger partial charge in [-0.1, -0.05) is 12.1 Å². The maximum Gasteiger partial charge on any atom is 0.129 e. The van der Waals surface area contributed by atoms with Crippen molar-refractivity contribution in [3.05, 3.63) is 28.8 Å². The van der Waals surface area contributed by atoms with Crippen LogP contribution in [0.4, 0.5) is 0 Å². The monoisotopic (exact) mass is 279 g/mol. The van der Waals surface area contributed by atoms with E-state index in [1.807, 2.05) is 51.8 Å². The second kappa shape index (κ2) is 5.35. The van der Waals surface area contributed by atoms with Gasteiger partial charge in [-0.2, -0.15) is 0 Å². The summed E-state index contributed by atoms with van der Waals surface area (Å²) < 4.78 is 6.20. The third kappa shape index (κ3) is 2.43. The smallest absolute Gasteiger partial charge is 0.129 e. The molecule has 0 bridgehead atoms. The zero-order chi connectivity index (χ0) is 15.1. The highest BCUT2D eigenvalue weighted by atomic mass is 16.5. The van der Waals surface area contributed by atoms with Crippen molar-refractivity contribution in [1.82, 2.24) is 4.90 Å². The van der Waals surface area contributed by atoms with Crippen LogP contribution in [0.15, 0.2) is 12.1 Å². The highest BCUT2D eigenvalue weighted by Gasteiger charge is 2.45. The molecule has 0 radical (unpaired) electrons. The predicted octanol–water partition coefficient (Wildman–Crippen LogP) is 1.80. The maximum atomic E-state index is 10.8. The van der Waals surface area contributed by atoms with E-state index in [0.717, 1.165) is 22.4 Å². The van der Waals surface area contributed by atoms with Gasteiger partial charge in [-0.05, 0) is 45.9 Å². The van der Waals surface area contributed by atoms with Gasteiger partial charge in [0.1, 0.15) is 17.5 Å². The number of benzene rings is 1. The van der Waals surface area contributed by atoms with Gasteiger partial charge in [-0.3, -0.25) is 4.90 Å². The molecule has 4 nitrogen and oxygen atoms in total. The number of nitrogens with zero attached hydrogens (tertiary/aromatic N) is 1. The number of aliphatic hydroxyl groups excluding tert-OH is 2. The van der Waals surface area contributed by atoms with Gasteiger partial charge in [0, 0.05) is 12.1 Å². The van der Waals surface area contributed by atoms with E-state index in [4.69, 9.17) is 9.84 Å². The Morgan fingerprint density at radius 2 is 1.95 bits per heavy atom. The van der Waals surface area contributed by atoms with Gasteiger partial charge in [0.05, 0.1) is 12.6 Å². The standard InChI is InChI=1S/C16H25NO3/c1-10-6-7-12-13(19)15(17(5)8-9-18)16(3,4)20-14(12)11(10)2/h6-7,13,15,18-19H,8-9H2,1-5H3. The first-order valence-corrected chi connectivity index (χ1v) is 7.08. The molecular weight excluding hydrogens is 254 g/mol. The molecule has 0 amide bonds. The Kier molecular flexibility index (Phi) is 4.09. The highest BCUT2D eigenvalue weighted by molar-refractivity contribution is 5.49. The van der Waals surface area contributed by atoms with E-state index >= 15 is 0 Å². The average Bonchev–Trinajstić information content (AvgIpc) is 2.34. The summed E-state index contributed by atoms with van der Waals surface area (Å²) in [5.74, 6) is 0.802. The van der Waals surface area contributed by atoms with Crippen LogP contribution in [0.5, 0.6) is 5.75 Å². The first-order chi connectivity index (χ1) is 9.29. The number of aryl methyl sites for hydroxylation is 1. The molecular formula is C16H25NO3. The number of hydrogen-bond acceptors (Lipinski definition) is 4. The molecule has 1 heterocycles. The van der Waals surface area contributed by atoms with Gasteiger partial charge in [-0.25, -0.2) is 0 Å². The third-order valence-corrected chi connectivity index (χ3v) is 4.33. The van der Waals surface area contributed by atoms with Crippen molar-refractivity contribution in [1.29, 1.82) is 0 Å². The first-order valence-electron chi connectivity index (χ1n) is 7.08. The fourth-order valence-electron chi connectivity index (χ4n) is 3.12. The molecule has 1 aromatic rings. The second-order valence-corrected chi connectivity index (χ2v) is 6.23. The van der Waals surface area contributed by atoms with Gasteiger partial charge in [-0.15, -0.1) is 0 Å². The topological polar surface area (TPSA) is 52.9 Å². The van der Waals surface area contributed by atoms with E-state index in [1.165, 1.54) is 0 Å². The van der Waals surface area contributed by atoms with Crippen molar-refractivity contribution in [3.8, 4) is 5.75 Å². The van der Waals surface area contributed by atoms with Crippen LogP contribution in [0.2, 0.25) is 0 Å². The normalized spacial score (nSPS) is 24.4. The maximum absolute atomic E-state index is 10.8. The molecule has 0 saturated heterocycles. The molecule has 0 aromatic heterocycles. The SMILES string of the molecule is Cc1ccc2c(c1C)OC(C)(C)C(N(C)CCO)C2O. The van der Waals surface area contributed by atoms with Crippen molar-refractivity contribution in [2.45, 2.75) is 45.4 Å². The largest absolute Gasteiger partial charge is 0.485 e. The van der Waals surface area contributed by atoms with Crippen LogP contribution in [0.1, 0.15) is 36.6 Å². The number of fused-ring (bicyclic) bond motifs is 1. The Labute approximate surface area is 121 Å². The molecule has 112 valence electrons. The third-order valence-electron chi connectivity index (χ3n) is 4.33. The van der Waals surface area contributed by atoms with Crippen LogP contribution < -0.4 is 4.74 Å². The average molecular weight is 279 g/mol. The summed E-state index contributed by atoms with van der Waals surface area (Å²) in [5, 5.41) is 19.9. The van der Waals surface area contributed by atoms with Gasteiger partial charge in [0.2, 0.25) is 0 Å². The molecule has 0 fully saturated rings. The molecule has 2 rings (SSSR count). The minimum atomic E-state index is -0.621. The van der Waals surface area contributed by atoms with Crippen LogP contribution in [-0.4, -0.2) is 47.0 Å². The number of likely N-dealkylation sites (N-methyl/N-ethyl adjacent to an activating group) is 1. The van der Waals surface area contributed by atoms with Gasteiger partial charge in [0.25, 0.3) is 0 Å². The molecule has 0 spiro atoms. The fourth-order valence-corrected chi connectivity index (χ4v) is 3.12. The molecule has 0 saturated carbocycles. The minimum absolute atomic E-state index is 0.0651. The van der Waals surface area contributed by atoms with E-state index in [0.29, 0.717) is 6.54 Å². The number of hydrogen-bond donors (Lipinski definition) is 2. The van der Waals surface area contributed by atoms with E-state index in [9.17, 15) is 5.11 Å². The first kappa shape index (κ1) is 15.3. The lowest BCUT2D eigenvalue weighted by Gasteiger charge is -2.47. The Balaban J connectivity index is 2.47. The molecule has 2 N–H and O–H groups in total. The second-order valence-electron chi connectivity index (χ2n) is 6.23. The zero-order valence-corrected chi connectivity index (χ0v) is 13.0. The van der Waals surface area contributed by atoms with Crippen molar-refractivity contribution < 1.29 is 14.9 Å². The molecule has 2 unspecified atom stereocenters. The molecule has 1 aliphatic heterocycles. The summed E-state index contributed by atoms with van der Waals surface area (Å²) in [6.45, 7) is 8.61. The lowest BCUT2D eigenvalue weighted by Crippen LogP contribution is -2.57. The molecule has 1 aromatic carbocycles. The van der Waals surface area contributed by atoms with Crippen molar-refractivity contribution >= 4 is 0 Å². The van der Waals surface area contributed by atoms with Crippen LogP contribution in [0.25, 0.3) is 0 Å².